The Hall–Kier alpha value is -1.48. The van der Waals surface area contributed by atoms with Gasteiger partial charge in [0.2, 0.25) is 11.6 Å². The van der Waals surface area contributed by atoms with E-state index in [1.807, 2.05) is 0 Å². The van der Waals surface area contributed by atoms with Crippen LogP contribution in [-0.2, 0) is 0 Å². The normalized spacial score (nSPS) is 23.5. The Morgan fingerprint density at radius 1 is 1.45 bits per heavy atom. The molecule has 0 saturated heterocycles. The van der Waals surface area contributed by atoms with Gasteiger partial charge in [-0.25, -0.2) is 4.99 Å². The van der Waals surface area contributed by atoms with Crippen molar-refractivity contribution in [3.63, 3.8) is 0 Å². The molecular formula is C12H15ClF3N5S. The van der Waals surface area contributed by atoms with Gasteiger partial charge in [0, 0.05) is 10.8 Å². The Labute approximate surface area is 134 Å². The van der Waals surface area contributed by atoms with Crippen molar-refractivity contribution in [3.05, 3.63) is 20.8 Å². The lowest BCUT2D eigenvalue weighted by atomic mass is 9.87. The molecule has 1 aliphatic heterocycles. The van der Waals surface area contributed by atoms with E-state index in [0.717, 1.165) is 11.3 Å². The molecule has 0 aliphatic carbocycles. The lowest BCUT2D eigenvalue weighted by Crippen LogP contribution is -2.65. The van der Waals surface area contributed by atoms with Gasteiger partial charge in [0.05, 0.1) is 4.34 Å². The van der Waals surface area contributed by atoms with Crippen LogP contribution < -0.4 is 16.8 Å². The van der Waals surface area contributed by atoms with Gasteiger partial charge in [0.1, 0.15) is 0 Å². The first-order chi connectivity index (χ1) is 10.1. The zero-order chi connectivity index (χ0) is 16.7. The number of hydrogen-bond acceptors (Lipinski definition) is 6. The van der Waals surface area contributed by atoms with E-state index < -0.39 is 29.7 Å². The van der Waals surface area contributed by atoms with Crippen LogP contribution >= 0.6 is 22.9 Å². The Kier molecular flexibility index (Phi) is 4.31. The second-order valence-corrected chi connectivity index (χ2v) is 6.61. The molecule has 0 spiro atoms. The van der Waals surface area contributed by atoms with Crippen LogP contribution in [0.25, 0.3) is 0 Å². The summed E-state index contributed by atoms with van der Waals surface area (Å²) in [6.45, 7) is 3.37. The molecule has 1 aliphatic rings. The first-order valence-corrected chi connectivity index (χ1v) is 7.60. The molecule has 2 unspecified atom stereocenters. The molecule has 2 atom stereocenters. The average molecular weight is 354 g/mol. The van der Waals surface area contributed by atoms with Crippen molar-refractivity contribution in [3.8, 4) is 0 Å². The highest BCUT2D eigenvalue weighted by atomic mass is 35.5. The zero-order valence-electron chi connectivity index (χ0n) is 11.8. The maximum atomic E-state index is 13.8. The molecular weight excluding hydrogens is 339 g/mol. The Bertz CT molecular complexity index is 620. The van der Waals surface area contributed by atoms with Gasteiger partial charge in [-0.3, -0.25) is 0 Å². The number of aryl methyl sites for hydroxylation is 1. The first kappa shape index (κ1) is 16.9. The first-order valence-electron chi connectivity index (χ1n) is 6.41. The van der Waals surface area contributed by atoms with Crippen LogP contribution in [0.2, 0.25) is 4.34 Å². The summed E-state index contributed by atoms with van der Waals surface area (Å²) in [6, 6.07) is 1.63. The number of guanidine groups is 2. The number of halogens is 4. The maximum Gasteiger partial charge on any atom is 0.432 e. The third-order valence-electron chi connectivity index (χ3n) is 3.41. The maximum absolute atomic E-state index is 13.8. The summed E-state index contributed by atoms with van der Waals surface area (Å²) >= 11 is 7.09. The van der Waals surface area contributed by atoms with Gasteiger partial charge in [-0.15, -0.1) is 11.3 Å². The molecule has 0 fully saturated rings. The molecule has 2 rings (SSSR count). The summed E-state index contributed by atoms with van der Waals surface area (Å²) in [7, 11) is 0. The van der Waals surface area contributed by atoms with Crippen molar-refractivity contribution in [2.45, 2.75) is 38.0 Å². The molecule has 2 heterocycles. The van der Waals surface area contributed by atoms with Crippen LogP contribution in [0, 0.1) is 6.92 Å². The summed E-state index contributed by atoms with van der Waals surface area (Å²) in [5, 5.41) is 2.18. The Morgan fingerprint density at radius 3 is 2.50 bits per heavy atom. The number of nitrogens with two attached hydrogens (primary N) is 2. The van der Waals surface area contributed by atoms with Crippen LogP contribution in [0.1, 0.15) is 29.7 Å². The van der Waals surface area contributed by atoms with E-state index in [4.69, 9.17) is 23.1 Å². The smallest absolute Gasteiger partial charge is 0.370 e. The Balaban J connectivity index is 2.61. The summed E-state index contributed by atoms with van der Waals surface area (Å²) in [5.74, 6) is -1.95. The number of rotatable bonds is 3. The van der Waals surface area contributed by atoms with Gasteiger partial charge >= 0.3 is 6.18 Å². The van der Waals surface area contributed by atoms with Crippen molar-refractivity contribution < 1.29 is 13.2 Å². The second-order valence-electron chi connectivity index (χ2n) is 4.92. The summed E-state index contributed by atoms with van der Waals surface area (Å²) in [6.07, 6.45) is -4.56. The van der Waals surface area contributed by atoms with E-state index in [1.165, 1.54) is 0 Å². The largest absolute Gasteiger partial charge is 0.432 e. The number of alkyl halides is 3. The SMILES string of the molecule is CCC(c1cc(C)c(Cl)s1)C1(C(F)(F)F)N=C(N)N=C(N)N1. The van der Waals surface area contributed by atoms with Gasteiger partial charge in [0.25, 0.3) is 0 Å². The summed E-state index contributed by atoms with van der Waals surface area (Å²) in [4.78, 5) is 7.55. The molecule has 5 nitrogen and oxygen atoms in total. The topological polar surface area (TPSA) is 88.8 Å². The molecule has 0 saturated carbocycles. The van der Waals surface area contributed by atoms with Crippen molar-refractivity contribution in [1.29, 1.82) is 0 Å². The molecule has 5 N–H and O–H groups in total. The van der Waals surface area contributed by atoms with Gasteiger partial charge < -0.3 is 16.8 Å². The van der Waals surface area contributed by atoms with Crippen LogP contribution in [0.5, 0.6) is 0 Å². The number of hydrogen-bond donors (Lipinski definition) is 3. The lowest BCUT2D eigenvalue weighted by Gasteiger charge is -2.40. The van der Waals surface area contributed by atoms with Crippen LogP contribution in [-0.4, -0.2) is 23.8 Å². The molecule has 122 valence electrons. The highest BCUT2D eigenvalue weighted by molar-refractivity contribution is 7.16. The summed E-state index contributed by atoms with van der Waals surface area (Å²) < 4.78 is 41.9. The zero-order valence-corrected chi connectivity index (χ0v) is 13.4. The van der Waals surface area contributed by atoms with Crippen molar-refractivity contribution >= 4 is 34.9 Å². The molecule has 0 bridgehead atoms. The third-order valence-corrected chi connectivity index (χ3v) is 5.08. The minimum absolute atomic E-state index is 0.160. The fourth-order valence-corrected chi connectivity index (χ4v) is 3.90. The molecule has 1 aromatic heterocycles. The van der Waals surface area contributed by atoms with E-state index in [9.17, 15) is 13.2 Å². The molecule has 10 heteroatoms. The Morgan fingerprint density at radius 2 is 2.09 bits per heavy atom. The number of nitrogens with one attached hydrogen (secondary N) is 1. The van der Waals surface area contributed by atoms with Crippen LogP contribution in [0.15, 0.2) is 16.1 Å². The predicted molar refractivity (Wildman–Crippen MR) is 82.3 cm³/mol. The highest BCUT2D eigenvalue weighted by Gasteiger charge is 2.62. The standard InChI is InChI=1S/C12H15ClF3N5S/c1-3-6(7-4-5(2)8(13)22-7)11(12(14,15)16)20-9(17)19-10(18)21-11/h4,6H,3H2,1-2H3,(H5,17,18,19,20,21). The fourth-order valence-electron chi connectivity index (χ4n) is 2.43. The molecule has 0 amide bonds. The van der Waals surface area contributed by atoms with Gasteiger partial charge in [-0.05, 0) is 25.0 Å². The highest BCUT2D eigenvalue weighted by Crippen LogP contribution is 2.47. The van der Waals surface area contributed by atoms with E-state index >= 15 is 0 Å². The molecule has 0 radical (unpaired) electrons. The minimum Gasteiger partial charge on any atom is -0.370 e. The monoisotopic (exact) mass is 353 g/mol. The van der Waals surface area contributed by atoms with E-state index in [1.54, 1.807) is 19.9 Å². The predicted octanol–water partition coefficient (Wildman–Crippen LogP) is 2.69. The average Bonchev–Trinajstić information content (AvgIpc) is 2.67. The second kappa shape index (κ2) is 5.62. The van der Waals surface area contributed by atoms with E-state index in [-0.39, 0.29) is 6.42 Å². The quantitative estimate of drug-likeness (QED) is 0.780. The number of nitrogens with zero attached hydrogens (tertiary/aromatic N) is 2. The van der Waals surface area contributed by atoms with Crippen molar-refractivity contribution in [1.82, 2.24) is 5.32 Å². The number of aliphatic imine (C=N–C) groups is 2. The van der Waals surface area contributed by atoms with E-state index in [0.29, 0.717) is 14.8 Å². The third kappa shape index (κ3) is 2.74. The molecule has 1 aromatic rings. The van der Waals surface area contributed by atoms with Crippen molar-refractivity contribution in [2.75, 3.05) is 0 Å². The van der Waals surface area contributed by atoms with Crippen LogP contribution in [0.4, 0.5) is 13.2 Å². The van der Waals surface area contributed by atoms with Gasteiger partial charge in [-0.1, -0.05) is 18.5 Å². The van der Waals surface area contributed by atoms with Gasteiger partial charge in [0.15, 0.2) is 5.96 Å². The molecule has 22 heavy (non-hydrogen) atoms. The van der Waals surface area contributed by atoms with Crippen molar-refractivity contribution in [2.24, 2.45) is 21.5 Å². The minimum atomic E-state index is -4.72. The van der Waals surface area contributed by atoms with E-state index in [2.05, 4.69) is 15.3 Å². The summed E-state index contributed by atoms with van der Waals surface area (Å²) in [5.41, 5.74) is 8.94. The number of thiophene rings is 1. The van der Waals surface area contributed by atoms with Crippen LogP contribution in [0.3, 0.4) is 0 Å². The fraction of sp³-hybridized carbons (Fsp3) is 0.500. The lowest BCUT2D eigenvalue weighted by molar-refractivity contribution is -0.197. The molecule has 0 aromatic carbocycles. The van der Waals surface area contributed by atoms with Gasteiger partial charge in [-0.2, -0.15) is 18.2 Å².